The van der Waals surface area contributed by atoms with E-state index >= 15 is 0 Å². The van der Waals surface area contributed by atoms with Crippen LogP contribution in [0.1, 0.15) is 58.8 Å². The molecule has 6 nitrogen and oxygen atoms in total. The zero-order valence-corrected chi connectivity index (χ0v) is 26.4. The number of amides is 2. The monoisotopic (exact) mass is 634 g/mol. The van der Waals surface area contributed by atoms with E-state index in [0.717, 1.165) is 60.9 Å². The number of rotatable bonds is 12. The summed E-state index contributed by atoms with van der Waals surface area (Å²) in [6.45, 7) is 2.87. The fourth-order valence-corrected chi connectivity index (χ4v) is 6.87. The third kappa shape index (κ3) is 7.77. The maximum Gasteiger partial charge on any atom is 0.268 e. The van der Waals surface area contributed by atoms with Crippen molar-refractivity contribution in [1.82, 2.24) is 20.5 Å². The molecule has 0 bridgehead atoms. The lowest BCUT2D eigenvalue weighted by Gasteiger charge is -2.37. The minimum absolute atomic E-state index is 0.196. The molecule has 2 heterocycles. The molecule has 1 aliphatic rings. The van der Waals surface area contributed by atoms with Crippen molar-refractivity contribution in [1.29, 1.82) is 0 Å². The zero-order chi connectivity index (χ0) is 32.6. The van der Waals surface area contributed by atoms with Crippen molar-refractivity contribution in [2.24, 2.45) is 0 Å². The van der Waals surface area contributed by atoms with Crippen LogP contribution in [-0.4, -0.2) is 54.4 Å². The number of para-hydroxylation sites is 1. The number of hydrogen-bond donors (Lipinski definition) is 3. The third-order valence-corrected chi connectivity index (χ3v) is 9.50. The minimum atomic E-state index is -0.749. The highest BCUT2D eigenvalue weighted by atomic mass is 19.1. The molecular weight excluding hydrogens is 594 g/mol. The van der Waals surface area contributed by atoms with Gasteiger partial charge in [0.05, 0.1) is 6.54 Å². The van der Waals surface area contributed by atoms with Crippen LogP contribution in [0, 0.1) is 11.6 Å². The Hall–Kier alpha value is -4.82. The predicted molar refractivity (Wildman–Crippen MR) is 181 cm³/mol. The van der Waals surface area contributed by atoms with Crippen molar-refractivity contribution in [3.8, 4) is 0 Å². The van der Waals surface area contributed by atoms with Gasteiger partial charge in [-0.25, -0.2) is 8.78 Å². The summed E-state index contributed by atoms with van der Waals surface area (Å²) in [6.07, 6.45) is 3.67. The van der Waals surface area contributed by atoms with E-state index in [1.165, 1.54) is 29.8 Å². The number of piperidine rings is 1. The number of halogens is 2. The van der Waals surface area contributed by atoms with E-state index < -0.39 is 5.41 Å². The second-order valence-electron chi connectivity index (χ2n) is 12.5. The van der Waals surface area contributed by atoms with E-state index in [2.05, 4.69) is 50.8 Å². The Labute approximate surface area is 274 Å². The summed E-state index contributed by atoms with van der Waals surface area (Å²) in [7, 11) is 0. The fourth-order valence-electron chi connectivity index (χ4n) is 6.87. The Kier molecular flexibility index (Phi) is 10.1. The van der Waals surface area contributed by atoms with Crippen molar-refractivity contribution >= 4 is 22.7 Å². The molecule has 1 aliphatic heterocycles. The molecule has 0 aliphatic carbocycles. The summed E-state index contributed by atoms with van der Waals surface area (Å²) in [6, 6.07) is 32.7. The number of fused-ring (bicyclic) bond motifs is 1. The topological polar surface area (TPSA) is 77.2 Å². The standard InChI is InChI=1S/C39H40F2N4O2/c40-33-15-11-31(12-16-33)39(32-13-17-34(41)18-14-32,21-6-22-45-23-19-29(20-24-45)28-7-2-1-3-8-28)27-43-37(46)26-42-38(47)36-25-30-9-4-5-10-35(30)44-36/h1-5,7-18,25,29,44H,6,19-24,26-27H2,(H,42,47)(H,43,46). The first-order chi connectivity index (χ1) is 22.9. The van der Waals surface area contributed by atoms with E-state index in [0.29, 0.717) is 18.0 Å². The van der Waals surface area contributed by atoms with Crippen molar-refractivity contribution in [2.75, 3.05) is 32.7 Å². The quantitative estimate of drug-likeness (QED) is 0.139. The van der Waals surface area contributed by atoms with Gasteiger partial charge in [0.2, 0.25) is 5.91 Å². The van der Waals surface area contributed by atoms with E-state index in [1.54, 1.807) is 30.3 Å². The average molecular weight is 635 g/mol. The molecule has 0 saturated carbocycles. The van der Waals surface area contributed by atoms with Crippen LogP contribution in [0.15, 0.2) is 109 Å². The molecule has 1 fully saturated rings. The van der Waals surface area contributed by atoms with E-state index in [4.69, 9.17) is 0 Å². The Morgan fingerprint density at radius 2 is 1.40 bits per heavy atom. The Morgan fingerprint density at radius 3 is 2.04 bits per heavy atom. The van der Waals surface area contributed by atoms with Gasteiger partial charge in [-0.3, -0.25) is 9.59 Å². The maximum absolute atomic E-state index is 14.1. The van der Waals surface area contributed by atoms with Crippen LogP contribution in [-0.2, 0) is 10.2 Å². The van der Waals surface area contributed by atoms with Crippen LogP contribution in [0.4, 0.5) is 8.78 Å². The minimum Gasteiger partial charge on any atom is -0.353 e. The first-order valence-electron chi connectivity index (χ1n) is 16.3. The number of carbonyl (C=O) groups excluding carboxylic acids is 2. The van der Waals surface area contributed by atoms with Gasteiger partial charge in [-0.1, -0.05) is 72.8 Å². The summed E-state index contributed by atoms with van der Waals surface area (Å²) in [5, 5.41) is 6.64. The van der Waals surface area contributed by atoms with Crippen LogP contribution in [0.2, 0.25) is 0 Å². The maximum atomic E-state index is 14.1. The lowest BCUT2D eigenvalue weighted by atomic mass is 9.71. The summed E-state index contributed by atoms with van der Waals surface area (Å²) in [4.78, 5) is 31.6. The summed E-state index contributed by atoms with van der Waals surface area (Å²) in [5.74, 6) is -0.878. The van der Waals surface area contributed by atoms with Gasteiger partial charge in [-0.2, -0.15) is 0 Å². The molecule has 6 rings (SSSR count). The number of likely N-dealkylation sites (tertiary alicyclic amines) is 1. The number of H-pyrrole nitrogens is 1. The summed E-state index contributed by atoms with van der Waals surface area (Å²) in [5.41, 5.74) is 3.52. The van der Waals surface area contributed by atoms with Gasteiger partial charge in [-0.15, -0.1) is 0 Å². The smallest absolute Gasteiger partial charge is 0.268 e. The van der Waals surface area contributed by atoms with Gasteiger partial charge in [0.25, 0.3) is 5.91 Å². The first kappa shape index (κ1) is 32.1. The second-order valence-corrected chi connectivity index (χ2v) is 12.5. The molecule has 4 aromatic carbocycles. The number of benzene rings is 4. The van der Waals surface area contributed by atoms with E-state index in [1.807, 2.05) is 24.3 Å². The first-order valence-corrected chi connectivity index (χ1v) is 16.3. The van der Waals surface area contributed by atoms with Crippen LogP contribution in [0.25, 0.3) is 10.9 Å². The van der Waals surface area contributed by atoms with E-state index in [-0.39, 0.29) is 36.5 Å². The third-order valence-electron chi connectivity index (χ3n) is 9.50. The highest BCUT2D eigenvalue weighted by Crippen LogP contribution is 2.37. The summed E-state index contributed by atoms with van der Waals surface area (Å²) < 4.78 is 28.2. The lowest BCUT2D eigenvalue weighted by Crippen LogP contribution is -2.45. The van der Waals surface area contributed by atoms with Gasteiger partial charge in [-0.05, 0) is 104 Å². The Balaban J connectivity index is 1.15. The molecule has 0 spiro atoms. The highest BCUT2D eigenvalue weighted by Gasteiger charge is 2.35. The fraction of sp³-hybridized carbons (Fsp3) is 0.282. The molecule has 3 N–H and O–H groups in total. The van der Waals surface area contributed by atoms with Crippen molar-refractivity contribution < 1.29 is 18.4 Å². The highest BCUT2D eigenvalue weighted by molar-refractivity contribution is 5.99. The predicted octanol–water partition coefficient (Wildman–Crippen LogP) is 6.94. The average Bonchev–Trinajstić information content (AvgIpc) is 3.55. The summed E-state index contributed by atoms with van der Waals surface area (Å²) >= 11 is 0. The molecule has 1 aromatic heterocycles. The molecule has 0 radical (unpaired) electrons. The number of aromatic amines is 1. The number of carbonyl (C=O) groups is 2. The van der Waals surface area contributed by atoms with Gasteiger partial charge in [0, 0.05) is 22.9 Å². The number of hydrogen-bond acceptors (Lipinski definition) is 3. The molecular formula is C39H40F2N4O2. The van der Waals surface area contributed by atoms with Gasteiger partial charge < -0.3 is 20.5 Å². The van der Waals surface area contributed by atoms with Crippen molar-refractivity contribution in [3.05, 3.63) is 143 Å². The van der Waals surface area contributed by atoms with Crippen molar-refractivity contribution in [3.63, 3.8) is 0 Å². The van der Waals surface area contributed by atoms with E-state index in [9.17, 15) is 18.4 Å². The molecule has 0 unspecified atom stereocenters. The molecule has 2 amide bonds. The molecule has 8 heteroatoms. The molecule has 5 aromatic rings. The number of nitrogens with one attached hydrogen (secondary N) is 3. The van der Waals surface area contributed by atoms with Gasteiger partial charge in [0.15, 0.2) is 0 Å². The van der Waals surface area contributed by atoms with Gasteiger partial charge >= 0.3 is 0 Å². The van der Waals surface area contributed by atoms with Crippen LogP contribution in [0.3, 0.4) is 0 Å². The second kappa shape index (κ2) is 14.7. The molecule has 0 atom stereocenters. The number of aromatic nitrogens is 1. The SMILES string of the molecule is O=C(CNC(=O)c1cc2ccccc2[nH]1)NCC(CCCN1CCC(c2ccccc2)CC1)(c1ccc(F)cc1)c1ccc(F)cc1. The Morgan fingerprint density at radius 1 is 0.787 bits per heavy atom. The zero-order valence-electron chi connectivity index (χ0n) is 26.4. The normalized spacial score (nSPS) is 14.3. The molecule has 47 heavy (non-hydrogen) atoms. The largest absolute Gasteiger partial charge is 0.353 e. The van der Waals surface area contributed by atoms with Crippen LogP contribution in [0.5, 0.6) is 0 Å². The Bertz CT molecular complexity index is 1700. The van der Waals surface area contributed by atoms with Crippen LogP contribution < -0.4 is 10.6 Å². The lowest BCUT2D eigenvalue weighted by molar-refractivity contribution is -0.120. The van der Waals surface area contributed by atoms with Gasteiger partial charge in [0.1, 0.15) is 17.3 Å². The molecule has 1 saturated heterocycles. The number of nitrogens with zero attached hydrogens (tertiary/aromatic N) is 1. The van der Waals surface area contributed by atoms with Crippen LogP contribution >= 0.6 is 0 Å². The molecule has 242 valence electrons. The van der Waals surface area contributed by atoms with Crippen molar-refractivity contribution in [2.45, 2.75) is 37.0 Å².